The van der Waals surface area contributed by atoms with Crippen molar-refractivity contribution in [3.63, 3.8) is 0 Å². The summed E-state index contributed by atoms with van der Waals surface area (Å²) in [7, 11) is 0. The third-order valence-electron chi connectivity index (χ3n) is 2.40. The molecule has 110 valence electrons. The summed E-state index contributed by atoms with van der Waals surface area (Å²) in [5.74, 6) is -0.608. The van der Waals surface area contributed by atoms with Gasteiger partial charge in [-0.05, 0) is 30.8 Å². The Morgan fingerprint density at radius 1 is 1.37 bits per heavy atom. The lowest BCUT2D eigenvalue weighted by atomic mass is 10.0. The second kappa shape index (κ2) is 9.80. The lowest BCUT2D eigenvalue weighted by Crippen LogP contribution is -2.42. The van der Waals surface area contributed by atoms with E-state index in [0.29, 0.717) is 25.0 Å². The Bertz CT molecular complexity index is 310. The molecular weight excluding hydrogens is 268 g/mol. The Hall–Kier alpha value is -1.08. The highest BCUT2D eigenvalue weighted by Crippen LogP contribution is 2.07. The molecular formula is C12H22N2O4S. The summed E-state index contributed by atoms with van der Waals surface area (Å²) in [5.41, 5.74) is 5.60. The zero-order chi connectivity index (χ0) is 14.8. The van der Waals surface area contributed by atoms with Gasteiger partial charge in [-0.2, -0.15) is 11.8 Å². The van der Waals surface area contributed by atoms with Gasteiger partial charge in [-0.25, -0.2) is 9.59 Å². The van der Waals surface area contributed by atoms with Crippen LogP contribution in [0.3, 0.4) is 0 Å². The lowest BCUT2D eigenvalue weighted by molar-refractivity contribution is -0.162. The fraction of sp³-hybridized carbons (Fsp3) is 0.750. The normalized spacial score (nSPS) is 13.7. The van der Waals surface area contributed by atoms with Crippen molar-refractivity contribution in [1.29, 1.82) is 0 Å². The SMILES string of the molecule is CSCC[C@H](N)C(=O)OC(=O)[C@H](CC(C)C)NC=O. The summed E-state index contributed by atoms with van der Waals surface area (Å²) in [4.78, 5) is 33.7. The average Bonchev–Trinajstić information content (AvgIpc) is 2.34. The van der Waals surface area contributed by atoms with Gasteiger partial charge in [0, 0.05) is 0 Å². The first kappa shape index (κ1) is 17.9. The van der Waals surface area contributed by atoms with E-state index in [1.54, 1.807) is 11.8 Å². The predicted octanol–water partition coefficient (Wildman–Crippen LogP) is 0.297. The van der Waals surface area contributed by atoms with E-state index >= 15 is 0 Å². The number of ether oxygens (including phenoxy) is 1. The van der Waals surface area contributed by atoms with E-state index in [2.05, 4.69) is 5.32 Å². The van der Waals surface area contributed by atoms with Gasteiger partial charge in [0.15, 0.2) is 0 Å². The van der Waals surface area contributed by atoms with Crippen LogP contribution in [0.5, 0.6) is 0 Å². The summed E-state index contributed by atoms with van der Waals surface area (Å²) < 4.78 is 4.69. The average molecular weight is 290 g/mol. The maximum atomic E-state index is 11.7. The smallest absolute Gasteiger partial charge is 0.336 e. The minimum Gasteiger partial charge on any atom is -0.390 e. The summed E-state index contributed by atoms with van der Waals surface area (Å²) in [6.07, 6.45) is 3.18. The van der Waals surface area contributed by atoms with E-state index in [0.717, 1.165) is 0 Å². The number of esters is 2. The molecule has 0 rings (SSSR count). The van der Waals surface area contributed by atoms with Gasteiger partial charge in [-0.3, -0.25) is 4.79 Å². The fourth-order valence-corrected chi connectivity index (χ4v) is 1.88. The van der Waals surface area contributed by atoms with Gasteiger partial charge in [0.2, 0.25) is 6.41 Å². The van der Waals surface area contributed by atoms with Crippen molar-refractivity contribution < 1.29 is 19.1 Å². The maximum absolute atomic E-state index is 11.7. The molecule has 0 aliphatic heterocycles. The highest BCUT2D eigenvalue weighted by Gasteiger charge is 2.25. The molecule has 6 nitrogen and oxygen atoms in total. The summed E-state index contributed by atoms with van der Waals surface area (Å²) in [5, 5.41) is 2.35. The zero-order valence-corrected chi connectivity index (χ0v) is 12.4. The summed E-state index contributed by atoms with van der Waals surface area (Å²) in [6, 6.07) is -1.62. The number of rotatable bonds is 9. The molecule has 3 N–H and O–H groups in total. The largest absolute Gasteiger partial charge is 0.390 e. The molecule has 0 aromatic carbocycles. The van der Waals surface area contributed by atoms with Gasteiger partial charge in [-0.15, -0.1) is 0 Å². The molecule has 0 fully saturated rings. The molecule has 0 saturated carbocycles. The highest BCUT2D eigenvalue weighted by molar-refractivity contribution is 7.98. The van der Waals surface area contributed by atoms with Crippen molar-refractivity contribution in [2.75, 3.05) is 12.0 Å². The molecule has 1 amide bonds. The monoisotopic (exact) mass is 290 g/mol. The second-order valence-corrected chi connectivity index (χ2v) is 5.58. The summed E-state index contributed by atoms with van der Waals surface area (Å²) in [6.45, 7) is 3.80. The van der Waals surface area contributed by atoms with E-state index in [-0.39, 0.29) is 5.92 Å². The van der Waals surface area contributed by atoms with Crippen molar-refractivity contribution in [1.82, 2.24) is 5.32 Å². The first-order valence-electron chi connectivity index (χ1n) is 6.12. The minimum absolute atomic E-state index is 0.185. The molecule has 7 heteroatoms. The number of amides is 1. The Labute approximate surface area is 117 Å². The van der Waals surface area contributed by atoms with Gasteiger partial charge in [0.05, 0.1) is 0 Å². The Morgan fingerprint density at radius 2 is 2.00 bits per heavy atom. The van der Waals surface area contributed by atoms with Gasteiger partial charge >= 0.3 is 11.9 Å². The number of carbonyl (C=O) groups excluding carboxylic acids is 3. The van der Waals surface area contributed by atoms with Crippen molar-refractivity contribution in [3.8, 4) is 0 Å². The molecule has 0 aromatic rings. The quantitative estimate of drug-likeness (QED) is 0.360. The molecule has 0 aromatic heterocycles. The van der Waals surface area contributed by atoms with Gasteiger partial charge in [-0.1, -0.05) is 13.8 Å². The molecule has 0 radical (unpaired) electrons. The first-order chi connectivity index (χ1) is 8.92. The standard InChI is InChI=1S/C12H22N2O4S/c1-8(2)6-10(14-7-15)12(17)18-11(16)9(13)4-5-19-3/h7-10H,4-6,13H2,1-3H3,(H,14,15)/t9-,10-/m0/s1. The number of hydrogen-bond donors (Lipinski definition) is 2. The van der Waals surface area contributed by atoms with Crippen molar-refractivity contribution >= 4 is 30.1 Å². The number of carbonyl (C=O) groups is 3. The molecule has 0 spiro atoms. The van der Waals surface area contributed by atoms with E-state index in [4.69, 9.17) is 10.5 Å². The van der Waals surface area contributed by atoms with Crippen LogP contribution in [0.2, 0.25) is 0 Å². The highest BCUT2D eigenvalue weighted by atomic mass is 32.2. The van der Waals surface area contributed by atoms with Crippen LogP contribution in [0.15, 0.2) is 0 Å². The maximum Gasteiger partial charge on any atom is 0.336 e. The lowest BCUT2D eigenvalue weighted by Gasteiger charge is -2.17. The third kappa shape index (κ3) is 7.84. The molecule has 2 atom stereocenters. The van der Waals surface area contributed by atoms with E-state index in [1.165, 1.54) is 0 Å². The van der Waals surface area contributed by atoms with Gasteiger partial charge in [0.25, 0.3) is 0 Å². The second-order valence-electron chi connectivity index (χ2n) is 4.59. The Kier molecular flexibility index (Phi) is 9.24. The van der Waals surface area contributed by atoms with E-state index in [9.17, 15) is 14.4 Å². The van der Waals surface area contributed by atoms with Crippen LogP contribution in [0.4, 0.5) is 0 Å². The topological polar surface area (TPSA) is 98.5 Å². The van der Waals surface area contributed by atoms with Crippen LogP contribution >= 0.6 is 11.8 Å². The van der Waals surface area contributed by atoms with E-state index in [1.807, 2.05) is 20.1 Å². The Balaban J connectivity index is 4.37. The third-order valence-corrected chi connectivity index (χ3v) is 3.04. The first-order valence-corrected chi connectivity index (χ1v) is 7.51. The number of thioether (sulfide) groups is 1. The van der Waals surface area contributed by atoms with Crippen molar-refractivity contribution in [2.45, 2.75) is 38.8 Å². The molecule has 0 aliphatic carbocycles. The Morgan fingerprint density at radius 3 is 2.47 bits per heavy atom. The van der Waals surface area contributed by atoms with Gasteiger partial charge < -0.3 is 15.8 Å². The molecule has 0 bridgehead atoms. The zero-order valence-electron chi connectivity index (χ0n) is 11.5. The van der Waals surface area contributed by atoms with Crippen LogP contribution in [-0.2, 0) is 19.1 Å². The van der Waals surface area contributed by atoms with E-state index < -0.39 is 24.0 Å². The van der Waals surface area contributed by atoms with Crippen LogP contribution in [0, 0.1) is 5.92 Å². The number of hydrogen-bond acceptors (Lipinski definition) is 6. The van der Waals surface area contributed by atoms with Crippen molar-refractivity contribution in [2.24, 2.45) is 11.7 Å². The van der Waals surface area contributed by atoms with Gasteiger partial charge in [0.1, 0.15) is 12.1 Å². The minimum atomic E-state index is -0.813. The van der Waals surface area contributed by atoms with Crippen LogP contribution in [0.25, 0.3) is 0 Å². The molecule has 0 aliphatic rings. The molecule has 0 heterocycles. The van der Waals surface area contributed by atoms with Crippen LogP contribution in [0.1, 0.15) is 26.7 Å². The molecule has 19 heavy (non-hydrogen) atoms. The fourth-order valence-electron chi connectivity index (χ4n) is 1.39. The molecule has 0 saturated heterocycles. The summed E-state index contributed by atoms with van der Waals surface area (Å²) >= 11 is 1.56. The molecule has 0 unspecified atom stereocenters. The number of nitrogens with two attached hydrogens (primary N) is 1. The number of nitrogens with one attached hydrogen (secondary N) is 1. The predicted molar refractivity (Wildman–Crippen MR) is 74.5 cm³/mol. The van der Waals surface area contributed by atoms with Crippen LogP contribution < -0.4 is 11.1 Å². The van der Waals surface area contributed by atoms with Crippen LogP contribution in [-0.4, -0.2) is 42.4 Å². The van der Waals surface area contributed by atoms with Crippen molar-refractivity contribution in [3.05, 3.63) is 0 Å².